The summed E-state index contributed by atoms with van der Waals surface area (Å²) in [5, 5.41) is 2.57. The van der Waals surface area contributed by atoms with Crippen molar-refractivity contribution in [1.29, 1.82) is 0 Å². The van der Waals surface area contributed by atoms with E-state index in [0.717, 1.165) is 0 Å². The molecule has 0 heterocycles. The van der Waals surface area contributed by atoms with Crippen molar-refractivity contribution in [1.82, 2.24) is 0 Å². The molecular formula is C7H6Br2FN3. The summed E-state index contributed by atoms with van der Waals surface area (Å²) < 4.78 is 17.3. The number of benzene rings is 1. The molecule has 13 heavy (non-hydrogen) atoms. The summed E-state index contributed by atoms with van der Waals surface area (Å²) >= 11 is 5.92. The third-order valence-corrected chi connectivity index (χ3v) is 2.16. The monoisotopic (exact) mass is 309 g/mol. The lowest BCUT2D eigenvalue weighted by atomic mass is 10.3. The normalized spacial score (nSPS) is 11.5. The lowest BCUT2D eigenvalue weighted by Crippen LogP contribution is -2.21. The topological polar surface area (TPSA) is 50.4 Å². The molecule has 6 heteroatoms. The third-order valence-electron chi connectivity index (χ3n) is 1.28. The Bertz CT molecular complexity index is 341. The van der Waals surface area contributed by atoms with Crippen LogP contribution < -0.4 is 11.1 Å². The first-order valence-electron chi connectivity index (χ1n) is 3.30. The highest BCUT2D eigenvalue weighted by molar-refractivity contribution is 9.10. The molecule has 0 radical (unpaired) electrons. The van der Waals surface area contributed by atoms with E-state index >= 15 is 0 Å². The molecule has 70 valence electrons. The highest BCUT2D eigenvalue weighted by Crippen LogP contribution is 2.18. The van der Waals surface area contributed by atoms with Crippen LogP contribution in [0.5, 0.6) is 0 Å². The number of rotatable bonds is 1. The molecule has 0 amide bonds. The van der Waals surface area contributed by atoms with Crippen LogP contribution >= 0.6 is 32.1 Å². The fourth-order valence-corrected chi connectivity index (χ4v) is 1.17. The van der Waals surface area contributed by atoms with Crippen molar-refractivity contribution >= 4 is 43.7 Å². The molecule has 0 saturated heterocycles. The second-order valence-electron chi connectivity index (χ2n) is 2.22. The van der Waals surface area contributed by atoms with Crippen molar-refractivity contribution in [2.24, 2.45) is 9.75 Å². The third kappa shape index (κ3) is 2.96. The van der Waals surface area contributed by atoms with Crippen molar-refractivity contribution in [2.75, 3.05) is 5.32 Å². The number of guanidine groups is 1. The Morgan fingerprint density at radius 2 is 2.23 bits per heavy atom. The molecular weight excluding hydrogens is 305 g/mol. The molecule has 3 N–H and O–H groups in total. The van der Waals surface area contributed by atoms with Crippen LogP contribution in [0.4, 0.5) is 10.1 Å². The Morgan fingerprint density at radius 3 is 2.77 bits per heavy atom. The van der Waals surface area contributed by atoms with Crippen LogP contribution in [-0.2, 0) is 0 Å². The van der Waals surface area contributed by atoms with Gasteiger partial charge in [0.15, 0.2) is 0 Å². The van der Waals surface area contributed by atoms with Crippen molar-refractivity contribution in [3.63, 3.8) is 0 Å². The minimum atomic E-state index is -0.395. The predicted octanol–water partition coefficient (Wildman–Crippen LogP) is 2.62. The van der Waals surface area contributed by atoms with Crippen LogP contribution in [0.2, 0.25) is 0 Å². The van der Waals surface area contributed by atoms with E-state index in [4.69, 9.17) is 5.73 Å². The van der Waals surface area contributed by atoms with Crippen molar-refractivity contribution in [3.8, 4) is 0 Å². The average Bonchev–Trinajstić information content (AvgIpc) is 2.09. The van der Waals surface area contributed by atoms with Crippen LogP contribution in [0.25, 0.3) is 0 Å². The van der Waals surface area contributed by atoms with Crippen molar-refractivity contribution in [3.05, 3.63) is 28.5 Å². The van der Waals surface area contributed by atoms with Gasteiger partial charge in [0, 0.05) is 4.47 Å². The maximum atomic E-state index is 13.1. The number of nitrogens with one attached hydrogen (secondary N) is 1. The Kier molecular flexibility index (Phi) is 3.68. The van der Waals surface area contributed by atoms with Gasteiger partial charge >= 0.3 is 0 Å². The van der Waals surface area contributed by atoms with Crippen LogP contribution in [0.3, 0.4) is 0 Å². The summed E-state index contributed by atoms with van der Waals surface area (Å²) in [4.78, 5) is 0. The van der Waals surface area contributed by atoms with Gasteiger partial charge in [0.2, 0.25) is 5.96 Å². The smallest absolute Gasteiger partial charge is 0.205 e. The zero-order chi connectivity index (χ0) is 9.84. The predicted molar refractivity (Wildman–Crippen MR) is 58.3 cm³/mol. The van der Waals surface area contributed by atoms with Gasteiger partial charge in [0.05, 0.1) is 21.8 Å². The molecule has 1 rings (SSSR count). The summed E-state index contributed by atoms with van der Waals surface area (Å²) in [6.45, 7) is 0. The molecule has 3 nitrogen and oxygen atoms in total. The number of nitrogens with two attached hydrogens (primary N) is 1. The molecule has 0 atom stereocenters. The first kappa shape index (κ1) is 10.5. The number of nitrogens with zero attached hydrogens (tertiary/aromatic N) is 1. The van der Waals surface area contributed by atoms with E-state index < -0.39 is 5.82 Å². The Balaban J connectivity index is 2.90. The molecule has 0 aliphatic rings. The van der Waals surface area contributed by atoms with Crippen molar-refractivity contribution < 1.29 is 4.39 Å². The van der Waals surface area contributed by atoms with Crippen LogP contribution in [0, 0.1) is 5.82 Å². The second-order valence-corrected chi connectivity index (χ2v) is 3.49. The Hall–Kier alpha value is -0.620. The standard InChI is InChI=1S/C7H6Br2FN3/c8-4-1-2-6(5(10)3-4)12-7(11)13-9/h1-3H,(H3,11,12,13). The minimum absolute atomic E-state index is 0.0984. The summed E-state index contributed by atoms with van der Waals surface area (Å²) in [6.07, 6.45) is 0. The quantitative estimate of drug-likeness (QED) is 0.619. The molecule has 1 aromatic carbocycles. The SMILES string of the molecule is NC(=NBr)Nc1ccc(Br)cc1F. The fraction of sp³-hybridized carbons (Fsp3) is 0. The molecule has 0 aromatic heterocycles. The van der Waals surface area contributed by atoms with E-state index in [0.29, 0.717) is 4.47 Å². The maximum absolute atomic E-state index is 13.1. The maximum Gasteiger partial charge on any atom is 0.205 e. The van der Waals surface area contributed by atoms with Gasteiger partial charge in [0.1, 0.15) is 5.82 Å². The zero-order valence-electron chi connectivity index (χ0n) is 6.39. The summed E-state index contributed by atoms with van der Waals surface area (Å²) in [5.74, 6) is -0.297. The lowest BCUT2D eigenvalue weighted by molar-refractivity contribution is 0.631. The number of halogens is 3. The first-order chi connectivity index (χ1) is 6.13. The number of hydrogen-bond acceptors (Lipinski definition) is 1. The Labute approximate surface area is 91.7 Å². The van der Waals surface area contributed by atoms with Gasteiger partial charge in [-0.1, -0.05) is 15.9 Å². The van der Waals surface area contributed by atoms with Gasteiger partial charge in [-0.3, -0.25) is 0 Å². The highest BCUT2D eigenvalue weighted by Gasteiger charge is 2.02. The zero-order valence-corrected chi connectivity index (χ0v) is 9.56. The van der Waals surface area contributed by atoms with Gasteiger partial charge < -0.3 is 11.1 Å². The van der Waals surface area contributed by atoms with Crippen molar-refractivity contribution in [2.45, 2.75) is 0 Å². The number of anilines is 1. The largest absolute Gasteiger partial charge is 0.369 e. The summed E-state index contributed by atoms with van der Waals surface area (Å²) in [7, 11) is 0. The first-order valence-corrected chi connectivity index (χ1v) is 4.80. The van der Waals surface area contributed by atoms with Gasteiger partial charge in [-0.05, 0) is 18.2 Å². The Morgan fingerprint density at radius 1 is 1.54 bits per heavy atom. The van der Waals surface area contributed by atoms with Gasteiger partial charge in [-0.2, -0.15) is 4.02 Å². The number of hydrogen-bond donors (Lipinski definition) is 2. The van der Waals surface area contributed by atoms with Crippen LogP contribution in [0.1, 0.15) is 0 Å². The molecule has 0 aliphatic heterocycles. The van der Waals surface area contributed by atoms with Gasteiger partial charge in [-0.25, -0.2) is 4.39 Å². The molecule has 0 spiro atoms. The van der Waals surface area contributed by atoms with E-state index in [1.165, 1.54) is 6.07 Å². The highest BCUT2D eigenvalue weighted by atomic mass is 79.9. The molecule has 0 fully saturated rings. The second kappa shape index (κ2) is 4.57. The minimum Gasteiger partial charge on any atom is -0.369 e. The van der Waals surface area contributed by atoms with Crippen LogP contribution in [0.15, 0.2) is 26.7 Å². The molecule has 0 saturated carbocycles. The average molecular weight is 311 g/mol. The molecule has 0 unspecified atom stereocenters. The lowest BCUT2D eigenvalue weighted by Gasteiger charge is -2.05. The van der Waals surface area contributed by atoms with E-state index in [9.17, 15) is 4.39 Å². The van der Waals surface area contributed by atoms with Gasteiger partial charge in [-0.15, -0.1) is 0 Å². The summed E-state index contributed by atoms with van der Waals surface area (Å²) in [5.41, 5.74) is 5.61. The van der Waals surface area contributed by atoms with Crippen LogP contribution in [-0.4, -0.2) is 5.96 Å². The fourth-order valence-electron chi connectivity index (χ4n) is 0.750. The molecule has 0 aliphatic carbocycles. The van der Waals surface area contributed by atoms with E-state index in [1.54, 1.807) is 12.1 Å². The molecule has 1 aromatic rings. The van der Waals surface area contributed by atoms with E-state index in [2.05, 4.69) is 41.4 Å². The van der Waals surface area contributed by atoms with E-state index in [1.807, 2.05) is 0 Å². The summed E-state index contributed by atoms with van der Waals surface area (Å²) in [6, 6.07) is 4.60. The molecule has 0 bridgehead atoms. The van der Waals surface area contributed by atoms with E-state index in [-0.39, 0.29) is 11.6 Å². The van der Waals surface area contributed by atoms with Gasteiger partial charge in [0.25, 0.3) is 0 Å².